The summed E-state index contributed by atoms with van der Waals surface area (Å²) in [5, 5.41) is 9.43. The van der Waals surface area contributed by atoms with Gasteiger partial charge in [-0.3, -0.25) is 20.4 Å². The Hall–Kier alpha value is -3.23. The maximum Gasteiger partial charge on any atom is 0.279 e. The number of benzene rings is 2. The van der Waals surface area contributed by atoms with Gasteiger partial charge in [0, 0.05) is 12.1 Å². The maximum absolute atomic E-state index is 13.5. The Morgan fingerprint density at radius 2 is 1.68 bits per heavy atom. The van der Waals surface area contributed by atoms with Crippen molar-refractivity contribution < 1.29 is 32.6 Å². The molecule has 1 unspecified atom stereocenters. The zero-order valence-corrected chi connectivity index (χ0v) is 12.8. The highest BCUT2D eigenvalue weighted by molar-refractivity contribution is 5.98. The van der Waals surface area contributed by atoms with Crippen LogP contribution in [0.5, 0.6) is 11.5 Å². The molecule has 0 saturated heterocycles. The van der Waals surface area contributed by atoms with E-state index >= 15 is 0 Å². The summed E-state index contributed by atoms with van der Waals surface area (Å²) in [4.78, 5) is 23.6. The van der Waals surface area contributed by atoms with Crippen LogP contribution in [0.4, 0.5) is 13.2 Å². The zero-order chi connectivity index (χ0) is 18.6. The number of phenolic OH excluding ortho intramolecular Hbond substituents is 1. The molecule has 0 aliphatic carbocycles. The smallest absolute Gasteiger partial charge is 0.279 e. The Kier molecular flexibility index (Phi) is 5.48. The van der Waals surface area contributed by atoms with Crippen molar-refractivity contribution in [1.29, 1.82) is 0 Å². The quantitative estimate of drug-likeness (QED) is 0.734. The van der Waals surface area contributed by atoms with Crippen molar-refractivity contribution in [3.63, 3.8) is 0 Å². The molecule has 0 spiro atoms. The number of carbonyl (C=O) groups is 2. The molecular weight excluding hydrogens is 341 g/mol. The third-order valence-corrected chi connectivity index (χ3v) is 3.06. The average molecular weight is 354 g/mol. The van der Waals surface area contributed by atoms with Crippen LogP contribution in [-0.4, -0.2) is 23.0 Å². The van der Waals surface area contributed by atoms with Gasteiger partial charge in [0.25, 0.3) is 11.8 Å². The van der Waals surface area contributed by atoms with Gasteiger partial charge in [-0.2, -0.15) is 0 Å². The first-order chi connectivity index (χ1) is 11.8. The summed E-state index contributed by atoms with van der Waals surface area (Å²) in [6.07, 6.45) is -1.07. The molecule has 0 bridgehead atoms. The highest BCUT2D eigenvalue weighted by Crippen LogP contribution is 2.21. The summed E-state index contributed by atoms with van der Waals surface area (Å²) in [6.45, 7) is 1.36. The predicted molar refractivity (Wildman–Crippen MR) is 80.1 cm³/mol. The molecule has 0 aromatic heterocycles. The number of ether oxygens (including phenoxy) is 1. The van der Waals surface area contributed by atoms with E-state index in [9.17, 15) is 27.9 Å². The number of amides is 2. The second-order valence-corrected chi connectivity index (χ2v) is 4.94. The first kappa shape index (κ1) is 18.1. The highest BCUT2D eigenvalue weighted by atomic mass is 19.1. The van der Waals surface area contributed by atoms with Crippen LogP contribution >= 0.6 is 0 Å². The Bertz CT molecular complexity index is 773. The zero-order valence-electron chi connectivity index (χ0n) is 12.8. The van der Waals surface area contributed by atoms with Crippen molar-refractivity contribution in [3.05, 3.63) is 59.4 Å². The minimum Gasteiger partial charge on any atom is -0.507 e. The van der Waals surface area contributed by atoms with E-state index in [1.807, 2.05) is 10.9 Å². The van der Waals surface area contributed by atoms with Crippen LogP contribution in [0, 0.1) is 17.5 Å². The number of hydrogen-bond acceptors (Lipinski definition) is 4. The van der Waals surface area contributed by atoms with Crippen molar-refractivity contribution in [1.82, 2.24) is 10.9 Å². The molecule has 132 valence electrons. The van der Waals surface area contributed by atoms with Crippen molar-refractivity contribution in [2.45, 2.75) is 13.0 Å². The van der Waals surface area contributed by atoms with Crippen LogP contribution < -0.4 is 15.6 Å². The van der Waals surface area contributed by atoms with Gasteiger partial charge in [-0.15, -0.1) is 0 Å². The molecule has 0 saturated carbocycles. The third-order valence-electron chi connectivity index (χ3n) is 3.06. The van der Waals surface area contributed by atoms with E-state index in [0.717, 1.165) is 12.1 Å². The second kappa shape index (κ2) is 7.56. The minimum atomic E-state index is -1.29. The molecule has 0 fully saturated rings. The molecule has 9 heteroatoms. The molecule has 0 aliphatic heterocycles. The number of halogens is 3. The molecule has 2 aromatic carbocycles. The first-order valence-electron chi connectivity index (χ1n) is 6.98. The summed E-state index contributed by atoms with van der Waals surface area (Å²) >= 11 is 0. The average Bonchev–Trinajstić information content (AvgIpc) is 2.53. The number of rotatable bonds is 4. The van der Waals surface area contributed by atoms with Crippen LogP contribution in [0.3, 0.4) is 0 Å². The van der Waals surface area contributed by atoms with Crippen LogP contribution in [0.2, 0.25) is 0 Å². The van der Waals surface area contributed by atoms with E-state index in [0.29, 0.717) is 12.1 Å². The van der Waals surface area contributed by atoms with Gasteiger partial charge in [-0.1, -0.05) is 0 Å². The maximum atomic E-state index is 13.5. The van der Waals surface area contributed by atoms with Gasteiger partial charge in [0.05, 0.1) is 0 Å². The fraction of sp³-hybridized carbons (Fsp3) is 0.125. The van der Waals surface area contributed by atoms with E-state index < -0.39 is 46.7 Å². The highest BCUT2D eigenvalue weighted by Gasteiger charge is 2.21. The number of aromatic hydroxyl groups is 1. The predicted octanol–water partition coefficient (Wildman–Crippen LogP) is 2.04. The fourth-order valence-electron chi connectivity index (χ4n) is 1.84. The van der Waals surface area contributed by atoms with E-state index in [1.54, 1.807) is 0 Å². The summed E-state index contributed by atoms with van der Waals surface area (Å²) in [5.41, 5.74) is 3.02. The SMILES string of the molecule is CC(Oc1ccc(F)cc1)C(=O)NNC(=O)c1c(O)cc(F)cc1F. The van der Waals surface area contributed by atoms with Crippen molar-refractivity contribution in [2.75, 3.05) is 0 Å². The van der Waals surface area contributed by atoms with Crippen LogP contribution in [-0.2, 0) is 4.79 Å². The molecule has 1 atom stereocenters. The lowest BCUT2D eigenvalue weighted by Crippen LogP contribution is -2.47. The minimum absolute atomic E-state index is 0.220. The van der Waals surface area contributed by atoms with E-state index in [2.05, 4.69) is 0 Å². The number of hydrazine groups is 1. The standard InChI is InChI=1S/C16H13F3N2O4/c1-8(25-11-4-2-9(17)3-5-11)15(23)20-21-16(24)14-12(19)6-10(18)7-13(14)22/h2-8,22H,1H3,(H,20,23)(H,21,24). The van der Waals surface area contributed by atoms with Gasteiger partial charge >= 0.3 is 0 Å². The molecule has 25 heavy (non-hydrogen) atoms. The van der Waals surface area contributed by atoms with E-state index in [-0.39, 0.29) is 5.75 Å². The first-order valence-corrected chi connectivity index (χ1v) is 6.98. The summed E-state index contributed by atoms with van der Waals surface area (Å²) in [5.74, 6) is -5.50. The molecule has 3 N–H and O–H groups in total. The van der Waals surface area contributed by atoms with Gasteiger partial charge in [0.2, 0.25) is 0 Å². The molecule has 0 radical (unpaired) electrons. The molecule has 2 amide bonds. The van der Waals surface area contributed by atoms with Gasteiger partial charge in [0.15, 0.2) is 6.10 Å². The van der Waals surface area contributed by atoms with Gasteiger partial charge in [-0.05, 0) is 31.2 Å². The molecule has 2 rings (SSSR count). The topological polar surface area (TPSA) is 87.7 Å². The summed E-state index contributed by atoms with van der Waals surface area (Å²) in [6, 6.07) is 5.87. The summed E-state index contributed by atoms with van der Waals surface area (Å²) in [7, 11) is 0. The van der Waals surface area contributed by atoms with Crippen molar-refractivity contribution in [2.24, 2.45) is 0 Å². The summed E-state index contributed by atoms with van der Waals surface area (Å²) < 4.78 is 44.4. The van der Waals surface area contributed by atoms with Gasteiger partial charge in [-0.25, -0.2) is 13.2 Å². The Morgan fingerprint density at radius 3 is 2.28 bits per heavy atom. The lowest BCUT2D eigenvalue weighted by molar-refractivity contribution is -0.128. The molecule has 2 aromatic rings. The number of hydrogen-bond donors (Lipinski definition) is 3. The number of carbonyl (C=O) groups excluding carboxylic acids is 2. The van der Waals surface area contributed by atoms with Crippen molar-refractivity contribution >= 4 is 11.8 Å². The normalized spacial score (nSPS) is 11.5. The molecule has 0 heterocycles. The van der Waals surface area contributed by atoms with Gasteiger partial charge < -0.3 is 9.84 Å². The number of nitrogens with one attached hydrogen (secondary N) is 2. The largest absolute Gasteiger partial charge is 0.507 e. The molecule has 0 aliphatic rings. The third kappa shape index (κ3) is 4.63. The lowest BCUT2D eigenvalue weighted by atomic mass is 10.1. The fourth-order valence-corrected chi connectivity index (χ4v) is 1.84. The van der Waals surface area contributed by atoms with Crippen LogP contribution in [0.1, 0.15) is 17.3 Å². The van der Waals surface area contributed by atoms with Crippen LogP contribution in [0.25, 0.3) is 0 Å². The van der Waals surface area contributed by atoms with Gasteiger partial charge in [0.1, 0.15) is 34.5 Å². The Morgan fingerprint density at radius 1 is 1.04 bits per heavy atom. The Labute approximate surface area is 140 Å². The lowest BCUT2D eigenvalue weighted by Gasteiger charge is -2.15. The molecule has 6 nitrogen and oxygen atoms in total. The van der Waals surface area contributed by atoms with Crippen LogP contribution in [0.15, 0.2) is 36.4 Å². The second-order valence-electron chi connectivity index (χ2n) is 4.94. The van der Waals surface area contributed by atoms with E-state index in [1.165, 1.54) is 19.1 Å². The molecular formula is C16H13F3N2O4. The monoisotopic (exact) mass is 354 g/mol. The number of phenols is 1. The van der Waals surface area contributed by atoms with E-state index in [4.69, 9.17) is 4.74 Å². The Balaban J connectivity index is 1.95. The van der Waals surface area contributed by atoms with Crippen molar-refractivity contribution in [3.8, 4) is 11.5 Å².